The number of hydrogen-bond donors (Lipinski definition) is 1. The van der Waals surface area contributed by atoms with Crippen LogP contribution >= 0.6 is 0 Å². The predicted molar refractivity (Wildman–Crippen MR) is 92.0 cm³/mol. The lowest BCUT2D eigenvalue weighted by Gasteiger charge is -2.24. The molecule has 120 valence electrons. The van der Waals surface area contributed by atoms with Gasteiger partial charge in [0.2, 0.25) is 0 Å². The minimum Gasteiger partial charge on any atom is -0.374 e. The predicted octanol–water partition coefficient (Wildman–Crippen LogP) is 2.52. The van der Waals surface area contributed by atoms with E-state index >= 15 is 0 Å². The number of anilines is 1. The zero-order valence-corrected chi connectivity index (χ0v) is 14.6. The van der Waals surface area contributed by atoms with Gasteiger partial charge in [-0.3, -0.25) is 4.98 Å². The average Bonchev–Trinajstić information content (AvgIpc) is 2.39. The second kappa shape index (κ2) is 9.00. The number of nitrogens with zero attached hydrogens (tertiary/aromatic N) is 3. The molecule has 0 unspecified atom stereocenters. The molecule has 0 aromatic carbocycles. The van der Waals surface area contributed by atoms with Gasteiger partial charge in [-0.15, -0.1) is 0 Å². The Morgan fingerprint density at radius 1 is 1.19 bits per heavy atom. The second-order valence-electron chi connectivity index (χ2n) is 6.56. The summed E-state index contributed by atoms with van der Waals surface area (Å²) in [4.78, 5) is 9.04. The van der Waals surface area contributed by atoms with Gasteiger partial charge in [0.15, 0.2) is 0 Å². The minimum atomic E-state index is 0.671. The lowest BCUT2D eigenvalue weighted by molar-refractivity contribution is 0.401. The molecule has 0 bridgehead atoms. The Labute approximate surface area is 130 Å². The van der Waals surface area contributed by atoms with Crippen molar-refractivity contribution in [1.29, 1.82) is 0 Å². The van der Waals surface area contributed by atoms with Crippen molar-refractivity contribution in [1.82, 2.24) is 15.2 Å². The smallest absolute Gasteiger partial charge is 0.0442 e. The number of pyridine rings is 1. The Morgan fingerprint density at radius 2 is 1.90 bits per heavy atom. The van der Waals surface area contributed by atoms with Crippen LogP contribution < -0.4 is 10.2 Å². The zero-order chi connectivity index (χ0) is 15.8. The van der Waals surface area contributed by atoms with E-state index in [-0.39, 0.29) is 0 Å². The second-order valence-corrected chi connectivity index (χ2v) is 6.56. The summed E-state index contributed by atoms with van der Waals surface area (Å²) in [5.74, 6) is 0.671. The molecule has 0 radical (unpaired) electrons. The normalized spacial score (nSPS) is 11.4. The largest absolute Gasteiger partial charge is 0.374 e. The molecule has 1 aromatic heterocycles. The SMILES string of the molecule is Cc1cc(N(C)CCCN(C)C)c(CNCC(C)C)cn1. The third-order valence-electron chi connectivity index (χ3n) is 3.48. The van der Waals surface area contributed by atoms with Gasteiger partial charge in [-0.1, -0.05) is 13.8 Å². The van der Waals surface area contributed by atoms with Gasteiger partial charge in [-0.2, -0.15) is 0 Å². The van der Waals surface area contributed by atoms with Crippen LogP contribution in [0, 0.1) is 12.8 Å². The quantitative estimate of drug-likeness (QED) is 0.758. The van der Waals surface area contributed by atoms with E-state index in [9.17, 15) is 0 Å². The van der Waals surface area contributed by atoms with Gasteiger partial charge in [0.25, 0.3) is 0 Å². The highest BCUT2D eigenvalue weighted by molar-refractivity contribution is 5.53. The van der Waals surface area contributed by atoms with E-state index in [1.165, 1.54) is 17.7 Å². The fraction of sp³-hybridized carbons (Fsp3) is 0.706. The summed E-state index contributed by atoms with van der Waals surface area (Å²) in [7, 11) is 6.42. The van der Waals surface area contributed by atoms with Crippen LogP contribution in [0.2, 0.25) is 0 Å². The van der Waals surface area contributed by atoms with Crippen LogP contribution in [-0.4, -0.2) is 50.7 Å². The lowest BCUT2D eigenvalue weighted by Crippen LogP contribution is -2.26. The maximum absolute atomic E-state index is 4.45. The first-order valence-corrected chi connectivity index (χ1v) is 7.92. The van der Waals surface area contributed by atoms with Crippen LogP contribution in [0.3, 0.4) is 0 Å². The van der Waals surface area contributed by atoms with E-state index in [1.807, 2.05) is 6.20 Å². The van der Waals surface area contributed by atoms with Gasteiger partial charge >= 0.3 is 0 Å². The van der Waals surface area contributed by atoms with E-state index in [0.29, 0.717) is 5.92 Å². The van der Waals surface area contributed by atoms with Crippen molar-refractivity contribution in [3.05, 3.63) is 23.5 Å². The van der Waals surface area contributed by atoms with Crippen LogP contribution in [0.15, 0.2) is 12.3 Å². The third-order valence-corrected chi connectivity index (χ3v) is 3.48. The Hall–Kier alpha value is -1.13. The van der Waals surface area contributed by atoms with E-state index in [4.69, 9.17) is 0 Å². The van der Waals surface area contributed by atoms with E-state index in [2.05, 4.69) is 68.1 Å². The lowest BCUT2D eigenvalue weighted by atomic mass is 10.1. The first-order chi connectivity index (χ1) is 9.90. The summed E-state index contributed by atoms with van der Waals surface area (Å²) >= 11 is 0. The first kappa shape index (κ1) is 17.9. The number of hydrogen-bond acceptors (Lipinski definition) is 4. The molecule has 1 heterocycles. The molecule has 0 aliphatic rings. The summed E-state index contributed by atoms with van der Waals surface area (Å²) in [5, 5.41) is 3.52. The van der Waals surface area contributed by atoms with Crippen LogP contribution in [0.1, 0.15) is 31.5 Å². The van der Waals surface area contributed by atoms with Crippen molar-refractivity contribution in [3.63, 3.8) is 0 Å². The van der Waals surface area contributed by atoms with Crippen molar-refractivity contribution in [3.8, 4) is 0 Å². The summed E-state index contributed by atoms with van der Waals surface area (Å²) in [5.41, 5.74) is 3.67. The van der Waals surface area contributed by atoms with Crippen molar-refractivity contribution in [2.75, 3.05) is 45.7 Å². The highest BCUT2D eigenvalue weighted by atomic mass is 15.1. The molecule has 0 aliphatic heterocycles. The highest BCUT2D eigenvalue weighted by Crippen LogP contribution is 2.20. The van der Waals surface area contributed by atoms with Crippen LogP contribution in [-0.2, 0) is 6.54 Å². The molecule has 4 heteroatoms. The van der Waals surface area contributed by atoms with Gasteiger partial charge in [0, 0.05) is 43.3 Å². The monoisotopic (exact) mass is 292 g/mol. The number of rotatable bonds is 9. The minimum absolute atomic E-state index is 0.671. The number of aromatic nitrogens is 1. The van der Waals surface area contributed by atoms with Gasteiger partial charge in [-0.05, 0) is 52.5 Å². The number of aryl methyl sites for hydroxylation is 1. The van der Waals surface area contributed by atoms with E-state index in [1.54, 1.807) is 0 Å². The maximum Gasteiger partial charge on any atom is 0.0442 e. The van der Waals surface area contributed by atoms with Crippen molar-refractivity contribution in [2.24, 2.45) is 5.92 Å². The number of nitrogens with one attached hydrogen (secondary N) is 1. The van der Waals surface area contributed by atoms with E-state index in [0.717, 1.165) is 31.9 Å². The molecule has 21 heavy (non-hydrogen) atoms. The summed E-state index contributed by atoms with van der Waals surface area (Å²) in [6, 6.07) is 2.20. The summed E-state index contributed by atoms with van der Waals surface area (Å²) in [6.45, 7) is 10.6. The van der Waals surface area contributed by atoms with Crippen molar-refractivity contribution in [2.45, 2.75) is 33.7 Å². The molecule has 0 atom stereocenters. The van der Waals surface area contributed by atoms with Gasteiger partial charge < -0.3 is 15.1 Å². The van der Waals surface area contributed by atoms with Crippen LogP contribution in [0.5, 0.6) is 0 Å². The van der Waals surface area contributed by atoms with Gasteiger partial charge in [0.05, 0.1) is 0 Å². The summed E-state index contributed by atoms with van der Waals surface area (Å²) in [6.07, 6.45) is 3.18. The molecule has 0 amide bonds. The Bertz CT molecular complexity index is 415. The molecule has 0 spiro atoms. The van der Waals surface area contributed by atoms with Crippen molar-refractivity contribution < 1.29 is 0 Å². The van der Waals surface area contributed by atoms with Crippen LogP contribution in [0.25, 0.3) is 0 Å². The molecular weight excluding hydrogens is 260 g/mol. The van der Waals surface area contributed by atoms with Gasteiger partial charge in [-0.25, -0.2) is 0 Å². The fourth-order valence-electron chi connectivity index (χ4n) is 2.31. The molecule has 1 aromatic rings. The topological polar surface area (TPSA) is 31.4 Å². The third kappa shape index (κ3) is 6.91. The molecule has 1 rings (SSSR count). The van der Waals surface area contributed by atoms with Gasteiger partial charge in [0.1, 0.15) is 0 Å². The van der Waals surface area contributed by atoms with Crippen molar-refractivity contribution >= 4 is 5.69 Å². The first-order valence-electron chi connectivity index (χ1n) is 7.92. The molecule has 0 saturated heterocycles. The molecule has 0 saturated carbocycles. The Kier molecular flexibility index (Phi) is 7.68. The molecular formula is C17H32N4. The zero-order valence-electron chi connectivity index (χ0n) is 14.6. The fourth-order valence-corrected chi connectivity index (χ4v) is 2.31. The molecule has 0 aliphatic carbocycles. The molecule has 4 nitrogen and oxygen atoms in total. The molecule has 1 N–H and O–H groups in total. The standard InChI is InChI=1S/C17H32N4/c1-14(2)11-18-12-16-13-19-15(3)10-17(16)21(6)9-7-8-20(4)5/h10,13-14,18H,7-9,11-12H2,1-6H3. The Balaban J connectivity index is 2.66. The average molecular weight is 292 g/mol. The summed E-state index contributed by atoms with van der Waals surface area (Å²) < 4.78 is 0. The van der Waals surface area contributed by atoms with Crippen LogP contribution in [0.4, 0.5) is 5.69 Å². The maximum atomic E-state index is 4.45. The Morgan fingerprint density at radius 3 is 2.52 bits per heavy atom. The highest BCUT2D eigenvalue weighted by Gasteiger charge is 2.09. The molecule has 0 fully saturated rings. The van der Waals surface area contributed by atoms with E-state index < -0.39 is 0 Å².